The van der Waals surface area contributed by atoms with Crippen LogP contribution in [0.3, 0.4) is 0 Å². The summed E-state index contributed by atoms with van der Waals surface area (Å²) in [4.78, 5) is 23.1. The van der Waals surface area contributed by atoms with Crippen LogP contribution in [0.4, 0.5) is 15.0 Å². The molecule has 0 saturated heterocycles. The number of aryl methyl sites for hydroxylation is 1. The minimum absolute atomic E-state index is 0.198. The summed E-state index contributed by atoms with van der Waals surface area (Å²) in [6.07, 6.45) is 0. The molecule has 2 rings (SSSR count). The number of nitrogens with one attached hydrogen (secondary N) is 3. The van der Waals surface area contributed by atoms with E-state index in [1.807, 2.05) is 5.32 Å². The van der Waals surface area contributed by atoms with Crippen molar-refractivity contribution >= 4 is 17.8 Å². The zero-order valence-electron chi connectivity index (χ0n) is 10.0. The van der Waals surface area contributed by atoms with Gasteiger partial charge >= 0.3 is 6.03 Å². The lowest BCUT2D eigenvalue weighted by Crippen LogP contribution is -2.34. The Labute approximate surface area is 108 Å². The molecule has 0 radical (unpaired) electrons. The minimum Gasteiger partial charge on any atom is -0.291 e. The van der Waals surface area contributed by atoms with Crippen LogP contribution in [0.2, 0.25) is 0 Å². The SMILES string of the molecule is Cc1cc(NC(=O)NC(=O)c2ccccc2F)n[nH]1. The number of hydrogen-bond donors (Lipinski definition) is 3. The van der Waals surface area contributed by atoms with Crippen LogP contribution in [0.25, 0.3) is 0 Å². The molecule has 6 nitrogen and oxygen atoms in total. The number of aromatic nitrogens is 2. The Bertz CT molecular complexity index is 624. The number of urea groups is 1. The summed E-state index contributed by atoms with van der Waals surface area (Å²) in [7, 11) is 0. The van der Waals surface area contributed by atoms with Gasteiger partial charge in [0.05, 0.1) is 5.56 Å². The first-order chi connectivity index (χ1) is 9.06. The first kappa shape index (κ1) is 12.7. The van der Waals surface area contributed by atoms with Gasteiger partial charge in [-0.05, 0) is 19.1 Å². The fourth-order valence-corrected chi connectivity index (χ4v) is 1.45. The smallest absolute Gasteiger partial charge is 0.291 e. The second-order valence-corrected chi connectivity index (χ2v) is 3.82. The molecule has 0 aliphatic rings. The van der Waals surface area contributed by atoms with Crippen LogP contribution < -0.4 is 10.6 Å². The first-order valence-electron chi connectivity index (χ1n) is 5.45. The van der Waals surface area contributed by atoms with E-state index in [1.165, 1.54) is 18.2 Å². The van der Waals surface area contributed by atoms with Crippen LogP contribution in [-0.2, 0) is 0 Å². The van der Waals surface area contributed by atoms with Crippen LogP contribution >= 0.6 is 0 Å². The van der Waals surface area contributed by atoms with Gasteiger partial charge in [-0.1, -0.05) is 12.1 Å². The number of halogens is 1. The quantitative estimate of drug-likeness (QED) is 0.771. The monoisotopic (exact) mass is 262 g/mol. The number of benzene rings is 1. The second kappa shape index (κ2) is 5.30. The number of carbonyl (C=O) groups is 2. The van der Waals surface area contributed by atoms with Gasteiger partial charge in [0.15, 0.2) is 5.82 Å². The normalized spacial score (nSPS) is 10.0. The number of nitrogens with zero attached hydrogens (tertiary/aromatic N) is 1. The lowest BCUT2D eigenvalue weighted by atomic mass is 10.2. The second-order valence-electron chi connectivity index (χ2n) is 3.82. The van der Waals surface area contributed by atoms with Crippen molar-refractivity contribution in [1.82, 2.24) is 15.5 Å². The van der Waals surface area contributed by atoms with E-state index in [1.54, 1.807) is 13.0 Å². The molecule has 3 N–H and O–H groups in total. The van der Waals surface area contributed by atoms with Gasteiger partial charge in [0, 0.05) is 11.8 Å². The maximum atomic E-state index is 13.3. The highest BCUT2D eigenvalue weighted by atomic mass is 19.1. The van der Waals surface area contributed by atoms with E-state index < -0.39 is 17.8 Å². The molecular weight excluding hydrogens is 251 g/mol. The molecule has 0 saturated carbocycles. The van der Waals surface area contributed by atoms with E-state index in [0.29, 0.717) is 0 Å². The lowest BCUT2D eigenvalue weighted by Gasteiger charge is -2.05. The molecule has 19 heavy (non-hydrogen) atoms. The van der Waals surface area contributed by atoms with E-state index in [9.17, 15) is 14.0 Å². The summed E-state index contributed by atoms with van der Waals surface area (Å²) in [5, 5.41) is 10.8. The highest BCUT2D eigenvalue weighted by molar-refractivity contribution is 6.07. The van der Waals surface area contributed by atoms with Crippen LogP contribution in [0.5, 0.6) is 0 Å². The molecule has 0 unspecified atom stereocenters. The van der Waals surface area contributed by atoms with Crippen LogP contribution in [0.15, 0.2) is 30.3 Å². The molecule has 1 aromatic heterocycles. The molecule has 2 aromatic rings. The molecule has 0 bridgehead atoms. The Balaban J connectivity index is 1.99. The summed E-state index contributed by atoms with van der Waals surface area (Å²) < 4.78 is 13.3. The zero-order valence-corrected chi connectivity index (χ0v) is 10.0. The van der Waals surface area contributed by atoms with Crippen molar-refractivity contribution in [3.8, 4) is 0 Å². The van der Waals surface area contributed by atoms with Gasteiger partial charge in [0.1, 0.15) is 5.82 Å². The predicted octanol–water partition coefficient (Wildman–Crippen LogP) is 1.82. The average molecular weight is 262 g/mol. The van der Waals surface area contributed by atoms with E-state index in [2.05, 4.69) is 15.5 Å². The molecule has 0 aliphatic carbocycles. The molecule has 1 heterocycles. The lowest BCUT2D eigenvalue weighted by molar-refractivity contribution is 0.0963. The largest absolute Gasteiger partial charge is 0.327 e. The fraction of sp³-hybridized carbons (Fsp3) is 0.0833. The van der Waals surface area contributed by atoms with E-state index in [4.69, 9.17) is 0 Å². The number of H-pyrrole nitrogens is 1. The van der Waals surface area contributed by atoms with Gasteiger partial charge in [-0.15, -0.1) is 0 Å². The molecular formula is C12H11FN4O2. The molecule has 0 fully saturated rings. The van der Waals surface area contributed by atoms with Crippen molar-refractivity contribution in [2.45, 2.75) is 6.92 Å². The van der Waals surface area contributed by atoms with E-state index in [-0.39, 0.29) is 11.4 Å². The van der Waals surface area contributed by atoms with E-state index >= 15 is 0 Å². The van der Waals surface area contributed by atoms with Crippen LogP contribution in [-0.4, -0.2) is 22.1 Å². The third-order valence-corrected chi connectivity index (χ3v) is 2.29. The molecule has 7 heteroatoms. The van der Waals surface area contributed by atoms with Gasteiger partial charge in [-0.2, -0.15) is 5.10 Å². The van der Waals surface area contributed by atoms with Gasteiger partial charge in [-0.25, -0.2) is 9.18 Å². The van der Waals surface area contributed by atoms with E-state index in [0.717, 1.165) is 11.8 Å². The first-order valence-corrected chi connectivity index (χ1v) is 5.45. The summed E-state index contributed by atoms with van der Waals surface area (Å²) in [6.45, 7) is 1.76. The average Bonchev–Trinajstić information content (AvgIpc) is 2.74. The van der Waals surface area contributed by atoms with Crippen molar-refractivity contribution in [3.05, 3.63) is 47.4 Å². The number of amides is 3. The summed E-state index contributed by atoms with van der Waals surface area (Å²) in [5.41, 5.74) is 0.562. The molecule has 0 aliphatic heterocycles. The fourth-order valence-electron chi connectivity index (χ4n) is 1.45. The standard InChI is InChI=1S/C12H11FN4O2/c1-7-6-10(17-16-7)14-12(19)15-11(18)8-4-2-3-5-9(8)13/h2-6H,1H3,(H3,14,15,16,17,18,19). The number of carbonyl (C=O) groups excluding carboxylic acids is 2. The predicted molar refractivity (Wildman–Crippen MR) is 66.2 cm³/mol. The Kier molecular flexibility index (Phi) is 3.56. The highest BCUT2D eigenvalue weighted by Crippen LogP contribution is 2.06. The molecule has 0 spiro atoms. The molecule has 3 amide bonds. The third kappa shape index (κ3) is 3.15. The van der Waals surface area contributed by atoms with Crippen LogP contribution in [0, 0.1) is 12.7 Å². The van der Waals surface area contributed by atoms with Crippen LogP contribution in [0.1, 0.15) is 16.1 Å². The minimum atomic E-state index is -0.817. The van der Waals surface area contributed by atoms with Crippen molar-refractivity contribution in [3.63, 3.8) is 0 Å². The third-order valence-electron chi connectivity index (χ3n) is 2.29. The Morgan fingerprint density at radius 1 is 1.32 bits per heavy atom. The Hall–Kier alpha value is -2.70. The summed E-state index contributed by atoms with van der Waals surface area (Å²) >= 11 is 0. The van der Waals surface area contributed by atoms with Gasteiger partial charge in [0.25, 0.3) is 5.91 Å². The van der Waals surface area contributed by atoms with Crippen molar-refractivity contribution in [1.29, 1.82) is 0 Å². The van der Waals surface area contributed by atoms with Gasteiger partial charge in [-0.3, -0.25) is 20.5 Å². The number of rotatable bonds is 2. The van der Waals surface area contributed by atoms with Crippen molar-refractivity contribution in [2.24, 2.45) is 0 Å². The summed E-state index contributed by atoms with van der Waals surface area (Å²) in [6, 6.07) is 6.21. The topological polar surface area (TPSA) is 86.9 Å². The van der Waals surface area contributed by atoms with Crippen molar-refractivity contribution < 1.29 is 14.0 Å². The number of imide groups is 1. The zero-order chi connectivity index (χ0) is 13.8. The Morgan fingerprint density at radius 3 is 2.68 bits per heavy atom. The van der Waals surface area contributed by atoms with Crippen molar-refractivity contribution in [2.75, 3.05) is 5.32 Å². The van der Waals surface area contributed by atoms with Gasteiger partial charge in [0.2, 0.25) is 0 Å². The summed E-state index contributed by atoms with van der Waals surface area (Å²) in [5.74, 6) is -1.23. The number of hydrogen-bond acceptors (Lipinski definition) is 3. The maximum absolute atomic E-state index is 13.3. The number of aromatic amines is 1. The Morgan fingerprint density at radius 2 is 2.05 bits per heavy atom. The molecule has 1 aromatic carbocycles. The molecule has 0 atom stereocenters. The number of anilines is 1. The highest BCUT2D eigenvalue weighted by Gasteiger charge is 2.14. The van der Waals surface area contributed by atoms with Gasteiger partial charge < -0.3 is 0 Å². The molecule has 98 valence electrons. The maximum Gasteiger partial charge on any atom is 0.327 e.